The number of aryl methyl sites for hydroxylation is 1. The normalized spacial score (nSPS) is 18.6. The molecular weight excluding hydrogens is 321 g/mol. The van der Waals surface area contributed by atoms with E-state index in [-0.39, 0.29) is 24.2 Å². The van der Waals surface area contributed by atoms with Crippen LogP contribution in [0.25, 0.3) is 0 Å². The summed E-state index contributed by atoms with van der Waals surface area (Å²) in [4.78, 5) is 14.6. The minimum atomic E-state index is -4.20. The van der Waals surface area contributed by atoms with E-state index in [4.69, 9.17) is 0 Å². The summed E-state index contributed by atoms with van der Waals surface area (Å²) in [6, 6.07) is 1.96. The van der Waals surface area contributed by atoms with Crippen molar-refractivity contribution in [1.82, 2.24) is 10.2 Å². The number of hydrogen-bond donors (Lipinski definition) is 1. The molecule has 2 rings (SSSR count). The number of nitrogens with zero attached hydrogens (tertiary/aromatic N) is 1. The molecule has 1 aromatic rings. The zero-order valence-electron chi connectivity index (χ0n) is 11.6. The van der Waals surface area contributed by atoms with Gasteiger partial charge in [-0.1, -0.05) is 0 Å². The first-order valence-corrected chi connectivity index (χ1v) is 8.50. The molecule has 0 saturated carbocycles. The number of alkyl halides is 3. The summed E-state index contributed by atoms with van der Waals surface area (Å²) in [7, 11) is 1.39. The van der Waals surface area contributed by atoms with Gasteiger partial charge in [0.1, 0.15) is 5.25 Å². The van der Waals surface area contributed by atoms with Crippen molar-refractivity contribution in [3.8, 4) is 0 Å². The Morgan fingerprint density at radius 3 is 3.00 bits per heavy atom. The van der Waals surface area contributed by atoms with Gasteiger partial charge in [-0.15, -0.1) is 23.1 Å². The maximum atomic E-state index is 12.2. The van der Waals surface area contributed by atoms with Crippen molar-refractivity contribution >= 4 is 29.0 Å². The summed E-state index contributed by atoms with van der Waals surface area (Å²) in [5.41, 5.74) is 1.05. The summed E-state index contributed by atoms with van der Waals surface area (Å²) in [5, 5.41) is 4.49. The van der Waals surface area contributed by atoms with Gasteiger partial charge < -0.3 is 5.32 Å². The van der Waals surface area contributed by atoms with E-state index in [2.05, 4.69) is 5.32 Å². The Balaban J connectivity index is 1.79. The standard InChI is InChI=1S/C13H17F3N2OS2/c1-18(8-13(14,15)16)5-4-17-12(19)11-9-2-6-20-10(9)3-7-21-11/h2,6,11H,3-5,7-8H2,1H3,(H,17,19)/t11-/m0/s1. The highest BCUT2D eigenvalue weighted by molar-refractivity contribution is 8.00. The molecule has 0 aromatic carbocycles. The number of likely N-dealkylation sites (N-methyl/N-ethyl adjacent to an activating group) is 1. The highest BCUT2D eigenvalue weighted by Gasteiger charge is 2.30. The topological polar surface area (TPSA) is 32.3 Å². The smallest absolute Gasteiger partial charge is 0.354 e. The first kappa shape index (κ1) is 16.6. The average Bonchev–Trinajstić information content (AvgIpc) is 2.84. The highest BCUT2D eigenvalue weighted by atomic mass is 32.2. The quantitative estimate of drug-likeness (QED) is 0.896. The lowest BCUT2D eigenvalue weighted by Gasteiger charge is -2.23. The molecule has 118 valence electrons. The monoisotopic (exact) mass is 338 g/mol. The van der Waals surface area contributed by atoms with Crippen molar-refractivity contribution in [2.75, 3.05) is 32.4 Å². The summed E-state index contributed by atoms with van der Waals surface area (Å²) in [6.45, 7) is -0.559. The molecule has 0 unspecified atom stereocenters. The van der Waals surface area contributed by atoms with Gasteiger partial charge in [-0.25, -0.2) is 0 Å². The number of hydrogen-bond acceptors (Lipinski definition) is 4. The van der Waals surface area contributed by atoms with Crippen LogP contribution in [-0.2, 0) is 11.2 Å². The maximum absolute atomic E-state index is 12.2. The number of thiophene rings is 1. The number of amides is 1. The van der Waals surface area contributed by atoms with Crippen LogP contribution in [0.4, 0.5) is 13.2 Å². The molecule has 1 atom stereocenters. The van der Waals surface area contributed by atoms with Gasteiger partial charge in [0.15, 0.2) is 0 Å². The van der Waals surface area contributed by atoms with Crippen molar-refractivity contribution in [2.24, 2.45) is 0 Å². The molecule has 1 aromatic heterocycles. The summed E-state index contributed by atoms with van der Waals surface area (Å²) in [6.07, 6.45) is -3.22. The average molecular weight is 338 g/mol. The number of carbonyl (C=O) groups excluding carboxylic acids is 1. The molecule has 3 nitrogen and oxygen atoms in total. The predicted molar refractivity (Wildman–Crippen MR) is 79.8 cm³/mol. The minimum absolute atomic E-state index is 0.111. The Labute approximate surface area is 129 Å². The third kappa shape index (κ3) is 4.89. The van der Waals surface area contributed by atoms with Crippen LogP contribution in [0.5, 0.6) is 0 Å². The third-order valence-corrected chi connectivity index (χ3v) is 5.39. The molecule has 1 aliphatic heterocycles. The lowest BCUT2D eigenvalue weighted by molar-refractivity contribution is -0.142. The van der Waals surface area contributed by atoms with Crippen LogP contribution in [-0.4, -0.2) is 49.4 Å². The Kier molecular flexibility index (Phi) is 5.56. The van der Waals surface area contributed by atoms with Crippen molar-refractivity contribution in [3.63, 3.8) is 0 Å². The molecule has 8 heteroatoms. The lowest BCUT2D eigenvalue weighted by atomic mass is 10.1. The molecule has 1 amide bonds. The molecule has 0 bridgehead atoms. The van der Waals surface area contributed by atoms with Crippen LogP contribution in [0.3, 0.4) is 0 Å². The van der Waals surface area contributed by atoms with E-state index in [1.54, 1.807) is 23.1 Å². The molecule has 2 heterocycles. The second-order valence-corrected chi connectivity index (χ2v) is 7.16. The van der Waals surface area contributed by atoms with E-state index in [0.717, 1.165) is 22.6 Å². The van der Waals surface area contributed by atoms with Gasteiger partial charge in [-0.3, -0.25) is 9.69 Å². The zero-order chi connectivity index (χ0) is 15.5. The Morgan fingerprint density at radius 1 is 1.52 bits per heavy atom. The highest BCUT2D eigenvalue weighted by Crippen LogP contribution is 2.39. The van der Waals surface area contributed by atoms with E-state index >= 15 is 0 Å². The fourth-order valence-corrected chi connectivity index (χ4v) is 4.53. The van der Waals surface area contributed by atoms with E-state index in [0.29, 0.717) is 0 Å². The number of carbonyl (C=O) groups is 1. The van der Waals surface area contributed by atoms with Gasteiger partial charge in [0.25, 0.3) is 0 Å². The number of fused-ring (bicyclic) bond motifs is 1. The van der Waals surface area contributed by atoms with Gasteiger partial charge in [0.05, 0.1) is 6.54 Å². The molecule has 0 saturated heterocycles. The molecule has 0 spiro atoms. The van der Waals surface area contributed by atoms with E-state index in [1.165, 1.54) is 11.9 Å². The SMILES string of the molecule is CN(CCNC(=O)[C@H]1SCCc2sccc21)CC(F)(F)F. The van der Waals surface area contributed by atoms with Crippen LogP contribution in [0.15, 0.2) is 11.4 Å². The second kappa shape index (κ2) is 7.02. The zero-order valence-corrected chi connectivity index (χ0v) is 13.2. The molecule has 1 aliphatic rings. The summed E-state index contributed by atoms with van der Waals surface area (Å²) in [5.74, 6) is 0.791. The minimum Gasteiger partial charge on any atom is -0.354 e. The van der Waals surface area contributed by atoms with Crippen molar-refractivity contribution in [2.45, 2.75) is 17.8 Å². The fourth-order valence-electron chi connectivity index (χ4n) is 2.21. The van der Waals surface area contributed by atoms with Crippen molar-refractivity contribution < 1.29 is 18.0 Å². The molecule has 0 aliphatic carbocycles. The van der Waals surface area contributed by atoms with Crippen LogP contribution in [0.2, 0.25) is 0 Å². The predicted octanol–water partition coefficient (Wildman–Crippen LogP) is 2.69. The Hall–Kier alpha value is -0.730. The number of thioether (sulfide) groups is 1. The van der Waals surface area contributed by atoms with Crippen LogP contribution in [0, 0.1) is 0 Å². The number of halogens is 3. The summed E-state index contributed by atoms with van der Waals surface area (Å²) >= 11 is 3.24. The van der Waals surface area contributed by atoms with E-state index < -0.39 is 12.7 Å². The number of nitrogens with one attached hydrogen (secondary N) is 1. The van der Waals surface area contributed by atoms with Gasteiger partial charge in [-0.05, 0) is 36.2 Å². The van der Waals surface area contributed by atoms with Gasteiger partial charge in [0, 0.05) is 18.0 Å². The van der Waals surface area contributed by atoms with Crippen molar-refractivity contribution in [1.29, 1.82) is 0 Å². The van der Waals surface area contributed by atoms with Crippen LogP contribution >= 0.6 is 23.1 Å². The van der Waals surface area contributed by atoms with Gasteiger partial charge in [0.2, 0.25) is 5.91 Å². The first-order chi connectivity index (χ1) is 9.87. The van der Waals surface area contributed by atoms with Gasteiger partial charge >= 0.3 is 6.18 Å². The summed E-state index contributed by atoms with van der Waals surface area (Å²) < 4.78 is 36.5. The molecule has 1 N–H and O–H groups in total. The largest absolute Gasteiger partial charge is 0.401 e. The number of rotatable bonds is 5. The molecule has 0 radical (unpaired) electrons. The van der Waals surface area contributed by atoms with E-state index in [1.807, 2.05) is 11.4 Å². The second-order valence-electron chi connectivity index (χ2n) is 4.94. The molecule has 0 fully saturated rings. The van der Waals surface area contributed by atoms with Crippen molar-refractivity contribution in [3.05, 3.63) is 21.9 Å². The third-order valence-electron chi connectivity index (χ3n) is 3.16. The lowest BCUT2D eigenvalue weighted by Crippen LogP contribution is -2.39. The van der Waals surface area contributed by atoms with Gasteiger partial charge in [-0.2, -0.15) is 13.2 Å². The fraction of sp³-hybridized carbons (Fsp3) is 0.615. The molecular formula is C13H17F3N2OS2. The first-order valence-electron chi connectivity index (χ1n) is 6.57. The van der Waals surface area contributed by atoms with Crippen LogP contribution in [0.1, 0.15) is 15.7 Å². The Bertz CT molecular complexity index is 490. The Morgan fingerprint density at radius 2 is 2.29 bits per heavy atom. The molecule has 21 heavy (non-hydrogen) atoms. The van der Waals surface area contributed by atoms with Crippen LogP contribution < -0.4 is 5.32 Å². The van der Waals surface area contributed by atoms with E-state index in [9.17, 15) is 18.0 Å². The maximum Gasteiger partial charge on any atom is 0.401 e.